The van der Waals surface area contributed by atoms with E-state index in [4.69, 9.17) is 4.98 Å². The maximum Gasteiger partial charge on any atom is 0.124 e. The SMILES string of the molecule is Cc1ccc2cc(-c3ccc4nc(C5CCCN5)[nH]c4c3)ccc2c1. The van der Waals surface area contributed by atoms with Crippen molar-refractivity contribution in [3.8, 4) is 11.1 Å². The number of aromatic nitrogens is 2. The Morgan fingerprint density at radius 2 is 1.72 bits per heavy atom. The molecule has 2 N–H and O–H groups in total. The van der Waals surface area contributed by atoms with E-state index in [1.165, 1.54) is 33.9 Å². The Kier molecular flexibility index (Phi) is 3.35. The summed E-state index contributed by atoms with van der Waals surface area (Å²) >= 11 is 0. The molecule has 0 bridgehead atoms. The fraction of sp³-hybridized carbons (Fsp3) is 0.227. The Labute approximate surface area is 147 Å². The quantitative estimate of drug-likeness (QED) is 0.537. The Hall–Kier alpha value is -2.65. The smallest absolute Gasteiger partial charge is 0.124 e. The van der Waals surface area contributed by atoms with Crippen molar-refractivity contribution in [2.24, 2.45) is 0 Å². The number of H-pyrrole nitrogens is 1. The predicted octanol–water partition coefficient (Wildman–Crippen LogP) is 5.12. The average Bonchev–Trinajstić information content (AvgIpc) is 3.29. The van der Waals surface area contributed by atoms with Crippen molar-refractivity contribution < 1.29 is 0 Å². The molecule has 1 aromatic heterocycles. The second kappa shape index (κ2) is 5.71. The van der Waals surface area contributed by atoms with Gasteiger partial charge in [0, 0.05) is 0 Å². The van der Waals surface area contributed by atoms with Crippen LogP contribution in [0, 0.1) is 6.92 Å². The minimum Gasteiger partial charge on any atom is -0.341 e. The molecular formula is C22H21N3. The third-order valence-corrected chi connectivity index (χ3v) is 5.22. The molecule has 124 valence electrons. The topological polar surface area (TPSA) is 40.7 Å². The minimum absolute atomic E-state index is 0.375. The molecule has 25 heavy (non-hydrogen) atoms. The van der Waals surface area contributed by atoms with Gasteiger partial charge >= 0.3 is 0 Å². The molecule has 1 saturated heterocycles. The largest absolute Gasteiger partial charge is 0.341 e. The number of rotatable bonds is 2. The van der Waals surface area contributed by atoms with E-state index in [0.29, 0.717) is 6.04 Å². The summed E-state index contributed by atoms with van der Waals surface area (Å²) in [6, 6.07) is 20.2. The van der Waals surface area contributed by atoms with Gasteiger partial charge in [-0.2, -0.15) is 0 Å². The number of nitrogens with zero attached hydrogens (tertiary/aromatic N) is 1. The lowest BCUT2D eigenvalue weighted by Crippen LogP contribution is -2.13. The Morgan fingerprint density at radius 1 is 0.920 bits per heavy atom. The minimum atomic E-state index is 0.375. The van der Waals surface area contributed by atoms with Gasteiger partial charge in [0.1, 0.15) is 5.82 Å². The summed E-state index contributed by atoms with van der Waals surface area (Å²) < 4.78 is 0. The van der Waals surface area contributed by atoms with Gasteiger partial charge in [-0.15, -0.1) is 0 Å². The lowest BCUT2D eigenvalue weighted by molar-refractivity contribution is 0.614. The van der Waals surface area contributed by atoms with E-state index >= 15 is 0 Å². The van der Waals surface area contributed by atoms with Gasteiger partial charge < -0.3 is 10.3 Å². The maximum absolute atomic E-state index is 4.77. The molecule has 1 unspecified atom stereocenters. The van der Waals surface area contributed by atoms with E-state index in [-0.39, 0.29) is 0 Å². The molecule has 5 rings (SSSR count). The Bertz CT molecular complexity index is 1070. The summed E-state index contributed by atoms with van der Waals surface area (Å²) in [7, 11) is 0. The summed E-state index contributed by atoms with van der Waals surface area (Å²) in [5.41, 5.74) is 5.93. The van der Waals surface area contributed by atoms with E-state index in [2.05, 4.69) is 71.8 Å². The summed E-state index contributed by atoms with van der Waals surface area (Å²) in [5.74, 6) is 1.07. The fourth-order valence-electron chi connectivity index (χ4n) is 3.84. The van der Waals surface area contributed by atoms with Crippen molar-refractivity contribution in [1.29, 1.82) is 0 Å². The molecule has 0 saturated carbocycles. The molecule has 1 aliphatic rings. The lowest BCUT2D eigenvalue weighted by atomic mass is 10.00. The molecule has 1 fully saturated rings. The molecule has 0 radical (unpaired) electrons. The van der Waals surface area contributed by atoms with Crippen LogP contribution < -0.4 is 5.32 Å². The summed E-state index contributed by atoms with van der Waals surface area (Å²) in [4.78, 5) is 8.29. The fourth-order valence-corrected chi connectivity index (χ4v) is 3.84. The van der Waals surface area contributed by atoms with Crippen LogP contribution in [0.4, 0.5) is 0 Å². The highest BCUT2D eigenvalue weighted by Crippen LogP contribution is 2.29. The first kappa shape index (κ1) is 14.7. The lowest BCUT2D eigenvalue weighted by Gasteiger charge is -2.05. The molecule has 0 spiro atoms. The van der Waals surface area contributed by atoms with E-state index in [1.54, 1.807) is 0 Å². The van der Waals surface area contributed by atoms with Crippen molar-refractivity contribution in [3.63, 3.8) is 0 Å². The van der Waals surface area contributed by atoms with Crippen molar-refractivity contribution >= 4 is 21.8 Å². The van der Waals surface area contributed by atoms with E-state index in [1.807, 2.05) is 0 Å². The first-order valence-corrected chi connectivity index (χ1v) is 9.00. The second-order valence-corrected chi connectivity index (χ2v) is 7.07. The predicted molar refractivity (Wildman–Crippen MR) is 104 cm³/mol. The monoisotopic (exact) mass is 327 g/mol. The van der Waals surface area contributed by atoms with Crippen LogP contribution in [0.1, 0.15) is 30.3 Å². The molecule has 1 atom stereocenters. The molecule has 4 aromatic rings. The standard InChI is InChI=1S/C22H21N3/c1-14-4-5-16-12-17(7-6-15(16)11-14)18-8-9-19-21(13-18)25-22(24-19)20-3-2-10-23-20/h4-9,11-13,20,23H,2-3,10H2,1H3,(H,24,25). The normalized spacial score (nSPS) is 17.6. The number of hydrogen-bond donors (Lipinski definition) is 2. The summed E-state index contributed by atoms with van der Waals surface area (Å²) in [6.07, 6.45) is 2.39. The molecule has 0 amide bonds. The van der Waals surface area contributed by atoms with Crippen LogP contribution in [0.25, 0.3) is 32.9 Å². The molecule has 3 nitrogen and oxygen atoms in total. The van der Waals surface area contributed by atoms with Gasteiger partial charge in [0.05, 0.1) is 17.1 Å². The summed E-state index contributed by atoms with van der Waals surface area (Å²) in [5, 5.41) is 6.08. The van der Waals surface area contributed by atoms with Gasteiger partial charge in [0.2, 0.25) is 0 Å². The maximum atomic E-state index is 4.77. The van der Waals surface area contributed by atoms with Crippen LogP contribution in [0.2, 0.25) is 0 Å². The molecule has 0 aliphatic carbocycles. The van der Waals surface area contributed by atoms with Crippen LogP contribution in [0.15, 0.2) is 54.6 Å². The van der Waals surface area contributed by atoms with Gasteiger partial charge in [-0.05, 0) is 66.4 Å². The van der Waals surface area contributed by atoms with Gasteiger partial charge in [0.25, 0.3) is 0 Å². The van der Waals surface area contributed by atoms with E-state index in [0.717, 1.165) is 29.8 Å². The zero-order valence-corrected chi connectivity index (χ0v) is 14.3. The second-order valence-electron chi connectivity index (χ2n) is 7.07. The summed E-state index contributed by atoms with van der Waals surface area (Å²) in [6.45, 7) is 3.22. The van der Waals surface area contributed by atoms with Gasteiger partial charge in [0.15, 0.2) is 0 Å². The number of fused-ring (bicyclic) bond motifs is 2. The molecule has 1 aliphatic heterocycles. The van der Waals surface area contributed by atoms with Crippen LogP contribution in [0.3, 0.4) is 0 Å². The number of benzene rings is 3. The van der Waals surface area contributed by atoms with Crippen LogP contribution in [-0.2, 0) is 0 Å². The number of nitrogens with one attached hydrogen (secondary N) is 2. The highest BCUT2D eigenvalue weighted by atomic mass is 15.0. The number of imidazole rings is 1. The van der Waals surface area contributed by atoms with Crippen molar-refractivity contribution in [2.45, 2.75) is 25.8 Å². The van der Waals surface area contributed by atoms with Gasteiger partial charge in [-0.3, -0.25) is 0 Å². The van der Waals surface area contributed by atoms with Crippen molar-refractivity contribution in [3.05, 3.63) is 66.0 Å². The highest BCUT2D eigenvalue weighted by Gasteiger charge is 2.19. The number of aromatic amines is 1. The zero-order chi connectivity index (χ0) is 16.8. The third-order valence-electron chi connectivity index (χ3n) is 5.22. The number of aryl methyl sites for hydroxylation is 1. The Balaban J connectivity index is 1.56. The number of hydrogen-bond acceptors (Lipinski definition) is 2. The van der Waals surface area contributed by atoms with Gasteiger partial charge in [-0.25, -0.2) is 4.98 Å². The zero-order valence-electron chi connectivity index (χ0n) is 14.3. The first-order valence-electron chi connectivity index (χ1n) is 9.00. The third kappa shape index (κ3) is 2.61. The highest BCUT2D eigenvalue weighted by molar-refractivity contribution is 5.89. The first-order chi connectivity index (χ1) is 12.3. The van der Waals surface area contributed by atoms with Crippen molar-refractivity contribution in [1.82, 2.24) is 15.3 Å². The van der Waals surface area contributed by atoms with Crippen LogP contribution in [0.5, 0.6) is 0 Å². The van der Waals surface area contributed by atoms with Crippen LogP contribution in [-0.4, -0.2) is 16.5 Å². The molecule has 3 heteroatoms. The Morgan fingerprint density at radius 3 is 2.60 bits per heavy atom. The van der Waals surface area contributed by atoms with E-state index < -0.39 is 0 Å². The molecular weight excluding hydrogens is 306 g/mol. The van der Waals surface area contributed by atoms with Crippen molar-refractivity contribution in [2.75, 3.05) is 6.54 Å². The van der Waals surface area contributed by atoms with E-state index in [9.17, 15) is 0 Å². The van der Waals surface area contributed by atoms with Crippen LogP contribution >= 0.6 is 0 Å². The average molecular weight is 327 g/mol. The van der Waals surface area contributed by atoms with Gasteiger partial charge in [-0.1, -0.05) is 42.0 Å². The molecule has 2 heterocycles. The molecule has 3 aromatic carbocycles.